The van der Waals surface area contributed by atoms with Gasteiger partial charge in [0.25, 0.3) is 0 Å². The van der Waals surface area contributed by atoms with Crippen LogP contribution >= 0.6 is 11.6 Å². The number of fused-ring (bicyclic) bond motifs is 1. The van der Waals surface area contributed by atoms with E-state index in [1.807, 2.05) is 0 Å². The summed E-state index contributed by atoms with van der Waals surface area (Å²) in [4.78, 5) is 2.14. The molecule has 1 saturated heterocycles. The van der Waals surface area contributed by atoms with Gasteiger partial charge < -0.3 is 16.4 Å². The fourth-order valence-corrected chi connectivity index (χ4v) is 4.00. The van der Waals surface area contributed by atoms with Crippen molar-refractivity contribution in [3.05, 3.63) is 16.9 Å². The minimum absolute atomic E-state index is 0.00728. The lowest BCUT2D eigenvalue weighted by molar-refractivity contribution is 0.243. The summed E-state index contributed by atoms with van der Waals surface area (Å²) in [6.07, 6.45) is 7.18. The van der Waals surface area contributed by atoms with E-state index in [2.05, 4.69) is 4.90 Å². The van der Waals surface area contributed by atoms with Gasteiger partial charge in [0.15, 0.2) is 5.82 Å². The SMILES string of the molecule is Nc1cc(N)c(N2CCCC3CCCCC32)c(F)c1Cl. The summed E-state index contributed by atoms with van der Waals surface area (Å²) in [6.45, 7) is 0.850. The van der Waals surface area contributed by atoms with E-state index in [9.17, 15) is 4.39 Å². The third-order valence-electron chi connectivity index (χ3n) is 4.77. The number of benzene rings is 1. The highest BCUT2D eigenvalue weighted by molar-refractivity contribution is 6.33. The highest BCUT2D eigenvalue weighted by Crippen LogP contribution is 2.43. The number of hydrogen-bond donors (Lipinski definition) is 2. The van der Waals surface area contributed by atoms with E-state index >= 15 is 0 Å². The van der Waals surface area contributed by atoms with Gasteiger partial charge in [-0.2, -0.15) is 0 Å². The Hall–Kier alpha value is -1.16. The third-order valence-corrected chi connectivity index (χ3v) is 5.15. The van der Waals surface area contributed by atoms with Crippen molar-refractivity contribution >= 4 is 28.7 Å². The standard InChI is InChI=1S/C15H21ClFN3/c16-13-10(18)8-11(19)15(14(13)17)20-7-3-5-9-4-1-2-6-12(9)20/h8-9,12H,1-7,18-19H2. The number of anilines is 3. The quantitative estimate of drug-likeness (QED) is 0.775. The Morgan fingerprint density at radius 2 is 1.80 bits per heavy atom. The van der Waals surface area contributed by atoms with E-state index in [-0.39, 0.29) is 10.7 Å². The van der Waals surface area contributed by atoms with Gasteiger partial charge in [0, 0.05) is 12.6 Å². The van der Waals surface area contributed by atoms with Crippen LogP contribution in [-0.2, 0) is 0 Å². The maximum Gasteiger partial charge on any atom is 0.169 e. The molecule has 4 N–H and O–H groups in total. The first-order valence-corrected chi connectivity index (χ1v) is 7.77. The molecule has 2 aliphatic rings. The first kappa shape index (κ1) is 13.8. The van der Waals surface area contributed by atoms with E-state index in [1.54, 1.807) is 6.07 Å². The average molecular weight is 298 g/mol. The van der Waals surface area contributed by atoms with E-state index in [0.29, 0.717) is 23.3 Å². The molecule has 1 aliphatic heterocycles. The summed E-state index contributed by atoms with van der Waals surface area (Å²) >= 11 is 5.97. The lowest BCUT2D eigenvalue weighted by Gasteiger charge is -2.46. The van der Waals surface area contributed by atoms with Crippen molar-refractivity contribution in [2.75, 3.05) is 22.9 Å². The number of rotatable bonds is 1. The minimum atomic E-state index is -0.463. The molecule has 2 atom stereocenters. The average Bonchev–Trinajstić information content (AvgIpc) is 2.45. The Kier molecular flexibility index (Phi) is 3.67. The van der Waals surface area contributed by atoms with Crippen LogP contribution in [0.5, 0.6) is 0 Å². The summed E-state index contributed by atoms with van der Waals surface area (Å²) in [5.74, 6) is 0.197. The van der Waals surface area contributed by atoms with E-state index in [0.717, 1.165) is 19.4 Å². The second-order valence-corrected chi connectivity index (χ2v) is 6.36. The largest absolute Gasteiger partial charge is 0.397 e. The van der Waals surface area contributed by atoms with Crippen molar-refractivity contribution in [3.63, 3.8) is 0 Å². The molecule has 1 saturated carbocycles. The minimum Gasteiger partial charge on any atom is -0.397 e. The van der Waals surface area contributed by atoms with Gasteiger partial charge in [0.2, 0.25) is 0 Å². The van der Waals surface area contributed by atoms with Crippen molar-refractivity contribution in [3.8, 4) is 0 Å². The second-order valence-electron chi connectivity index (χ2n) is 5.98. The fourth-order valence-electron chi connectivity index (χ4n) is 3.85. The highest BCUT2D eigenvalue weighted by atomic mass is 35.5. The number of nitrogen functional groups attached to an aromatic ring is 2. The van der Waals surface area contributed by atoms with Crippen molar-refractivity contribution in [2.24, 2.45) is 5.92 Å². The molecule has 2 unspecified atom stereocenters. The molecule has 0 spiro atoms. The van der Waals surface area contributed by atoms with E-state index < -0.39 is 5.82 Å². The summed E-state index contributed by atoms with van der Waals surface area (Å²) in [5.41, 5.74) is 12.8. The molecule has 5 heteroatoms. The van der Waals surface area contributed by atoms with Gasteiger partial charge >= 0.3 is 0 Å². The smallest absolute Gasteiger partial charge is 0.169 e. The van der Waals surface area contributed by atoms with Gasteiger partial charge in [-0.15, -0.1) is 0 Å². The zero-order chi connectivity index (χ0) is 14.3. The van der Waals surface area contributed by atoms with Gasteiger partial charge in [0.1, 0.15) is 5.02 Å². The highest BCUT2D eigenvalue weighted by Gasteiger charge is 2.35. The molecule has 0 aromatic heterocycles. The van der Waals surface area contributed by atoms with Crippen LogP contribution in [0.2, 0.25) is 5.02 Å². The van der Waals surface area contributed by atoms with E-state index in [1.165, 1.54) is 25.7 Å². The van der Waals surface area contributed by atoms with Crippen molar-refractivity contribution in [1.82, 2.24) is 0 Å². The summed E-state index contributed by atoms with van der Waals surface area (Å²) in [7, 11) is 0. The maximum absolute atomic E-state index is 14.5. The predicted molar refractivity (Wildman–Crippen MR) is 82.6 cm³/mol. The molecule has 1 aromatic rings. The van der Waals surface area contributed by atoms with Crippen molar-refractivity contribution in [1.29, 1.82) is 0 Å². The Bertz CT molecular complexity index is 518. The molecule has 2 fully saturated rings. The molecule has 20 heavy (non-hydrogen) atoms. The Morgan fingerprint density at radius 3 is 2.60 bits per heavy atom. The molecule has 0 bridgehead atoms. The van der Waals surface area contributed by atoms with Crippen LogP contribution < -0.4 is 16.4 Å². The van der Waals surface area contributed by atoms with Crippen LogP contribution in [-0.4, -0.2) is 12.6 Å². The van der Waals surface area contributed by atoms with E-state index in [4.69, 9.17) is 23.1 Å². The Labute approximate surface area is 124 Å². The molecular weight excluding hydrogens is 277 g/mol. The topological polar surface area (TPSA) is 55.3 Å². The van der Waals surface area contributed by atoms with Gasteiger partial charge in [-0.05, 0) is 37.7 Å². The fraction of sp³-hybridized carbons (Fsp3) is 0.600. The lowest BCUT2D eigenvalue weighted by Crippen LogP contribution is -2.47. The molecule has 0 radical (unpaired) electrons. The first-order valence-electron chi connectivity index (χ1n) is 7.39. The number of hydrogen-bond acceptors (Lipinski definition) is 3. The number of nitrogens with zero attached hydrogens (tertiary/aromatic N) is 1. The van der Waals surface area contributed by atoms with Gasteiger partial charge in [-0.1, -0.05) is 24.4 Å². The zero-order valence-corrected chi connectivity index (χ0v) is 12.3. The normalized spacial score (nSPS) is 26.4. The molecule has 1 heterocycles. The molecule has 0 amide bonds. The van der Waals surface area contributed by atoms with Gasteiger partial charge in [-0.25, -0.2) is 4.39 Å². The summed E-state index contributed by atoms with van der Waals surface area (Å²) in [5, 5.41) is -0.00728. The molecule has 110 valence electrons. The second kappa shape index (κ2) is 5.32. The first-order chi connectivity index (χ1) is 9.59. The third kappa shape index (κ3) is 2.20. The van der Waals surface area contributed by atoms with Crippen LogP contribution in [0.25, 0.3) is 0 Å². The van der Waals surface area contributed by atoms with Crippen LogP contribution in [0.15, 0.2) is 6.07 Å². The molecule has 3 nitrogen and oxygen atoms in total. The van der Waals surface area contributed by atoms with Gasteiger partial charge in [-0.3, -0.25) is 0 Å². The monoisotopic (exact) mass is 297 g/mol. The van der Waals surface area contributed by atoms with Gasteiger partial charge in [0.05, 0.1) is 17.1 Å². The molecule has 1 aromatic carbocycles. The lowest BCUT2D eigenvalue weighted by atomic mass is 9.78. The number of halogens is 2. The Balaban J connectivity index is 2.01. The van der Waals surface area contributed by atoms with Crippen LogP contribution in [0.1, 0.15) is 38.5 Å². The predicted octanol–water partition coefficient (Wildman–Crippen LogP) is 3.80. The summed E-state index contributed by atoms with van der Waals surface area (Å²) < 4.78 is 14.5. The molecular formula is C15H21ClFN3. The molecule has 1 aliphatic carbocycles. The molecule has 3 rings (SSSR count). The summed E-state index contributed by atoms with van der Waals surface area (Å²) in [6, 6.07) is 1.97. The Morgan fingerprint density at radius 1 is 1.10 bits per heavy atom. The van der Waals surface area contributed by atoms with Crippen LogP contribution in [0.4, 0.5) is 21.5 Å². The van der Waals surface area contributed by atoms with Crippen LogP contribution in [0.3, 0.4) is 0 Å². The number of nitrogens with two attached hydrogens (primary N) is 2. The van der Waals surface area contributed by atoms with Crippen molar-refractivity contribution < 1.29 is 4.39 Å². The number of piperidine rings is 1. The maximum atomic E-state index is 14.5. The zero-order valence-electron chi connectivity index (χ0n) is 11.5. The van der Waals surface area contributed by atoms with Crippen molar-refractivity contribution in [2.45, 2.75) is 44.6 Å². The van der Waals surface area contributed by atoms with Crippen LogP contribution in [0, 0.1) is 11.7 Å².